The summed E-state index contributed by atoms with van der Waals surface area (Å²) in [6, 6.07) is 9.40. The lowest BCUT2D eigenvalue weighted by Crippen LogP contribution is -2.40. The van der Waals surface area contributed by atoms with E-state index in [4.69, 9.17) is 4.74 Å². The third-order valence-corrected chi connectivity index (χ3v) is 9.01. The summed E-state index contributed by atoms with van der Waals surface area (Å²) in [4.78, 5) is 15.2. The molecule has 0 radical (unpaired) electrons. The molecule has 0 unspecified atom stereocenters. The molecule has 34 heavy (non-hydrogen) atoms. The van der Waals surface area contributed by atoms with Gasteiger partial charge in [0, 0.05) is 32.4 Å². The van der Waals surface area contributed by atoms with E-state index in [0.717, 1.165) is 35.0 Å². The Hall–Kier alpha value is -2.75. The summed E-state index contributed by atoms with van der Waals surface area (Å²) in [5, 5.41) is 4.36. The fourth-order valence-corrected chi connectivity index (χ4v) is 6.36. The van der Waals surface area contributed by atoms with E-state index < -0.39 is 10.0 Å². The van der Waals surface area contributed by atoms with Crippen LogP contribution < -0.4 is 0 Å². The number of hydrogen-bond donors (Lipinski definition) is 0. The number of carbonyl (C=O) groups is 1. The number of carbonyl (C=O) groups excluding carboxylic acids is 1. The van der Waals surface area contributed by atoms with Gasteiger partial charge in [0.1, 0.15) is 0 Å². The zero-order chi connectivity index (χ0) is 23.9. The fraction of sp³-hybridized carbons (Fsp3) is 0.440. The molecule has 5 rings (SSSR count). The molecule has 0 spiro atoms. The first-order valence-electron chi connectivity index (χ1n) is 11.8. The molecule has 0 bridgehead atoms. The van der Waals surface area contributed by atoms with Crippen LogP contribution in [0.4, 0.5) is 0 Å². The zero-order valence-electron chi connectivity index (χ0n) is 19.6. The second kappa shape index (κ2) is 9.13. The number of piperidine rings is 1. The largest absolute Gasteiger partial charge is 0.378 e. The van der Waals surface area contributed by atoms with E-state index in [-0.39, 0.29) is 11.8 Å². The van der Waals surface area contributed by atoms with Crippen molar-refractivity contribution in [2.45, 2.75) is 37.5 Å². The van der Waals surface area contributed by atoms with Crippen molar-refractivity contribution in [2.24, 2.45) is 0 Å². The fourth-order valence-electron chi connectivity index (χ4n) is 4.81. The molecule has 2 aliphatic rings. The highest BCUT2D eigenvalue weighted by Crippen LogP contribution is 2.32. The third kappa shape index (κ3) is 4.23. The van der Waals surface area contributed by atoms with Crippen LogP contribution in [0, 0.1) is 13.8 Å². The molecule has 2 aliphatic heterocycles. The van der Waals surface area contributed by atoms with Crippen molar-refractivity contribution >= 4 is 21.4 Å². The van der Waals surface area contributed by atoms with E-state index >= 15 is 0 Å². The number of benzene rings is 1. The summed E-state index contributed by atoms with van der Waals surface area (Å²) in [6.45, 7) is 7.15. The first-order valence-corrected chi connectivity index (χ1v) is 13.2. The van der Waals surface area contributed by atoms with Crippen LogP contribution in [0.5, 0.6) is 0 Å². The van der Waals surface area contributed by atoms with Crippen LogP contribution in [0.25, 0.3) is 5.52 Å². The lowest BCUT2D eigenvalue weighted by atomic mass is 9.90. The number of nitrogens with zero attached hydrogens (tertiary/aromatic N) is 4. The Kier molecular flexibility index (Phi) is 6.18. The predicted octanol–water partition coefficient (Wildman–Crippen LogP) is 2.99. The predicted molar refractivity (Wildman–Crippen MR) is 129 cm³/mol. The van der Waals surface area contributed by atoms with Gasteiger partial charge in [0.25, 0.3) is 5.91 Å². The molecule has 3 aromatic rings. The molecule has 4 heterocycles. The highest BCUT2D eigenvalue weighted by Gasteiger charge is 2.30. The summed E-state index contributed by atoms with van der Waals surface area (Å²) >= 11 is 0. The molecule has 2 saturated heterocycles. The average Bonchev–Trinajstić information content (AvgIpc) is 3.29. The summed E-state index contributed by atoms with van der Waals surface area (Å²) in [7, 11) is -3.50. The van der Waals surface area contributed by atoms with Crippen molar-refractivity contribution in [3.8, 4) is 0 Å². The SMILES string of the molecule is Cc1ccc(S(=O)(=O)N2CCC(c3ccn4ncc(C(=O)N5CCOCC5)c4c3)CC2)cc1C. The second-order valence-electron chi connectivity index (χ2n) is 9.18. The van der Waals surface area contributed by atoms with Crippen LogP contribution in [0.3, 0.4) is 0 Å². The molecule has 1 aromatic carbocycles. The average molecular weight is 483 g/mol. The van der Waals surface area contributed by atoms with Crippen molar-refractivity contribution in [3.63, 3.8) is 0 Å². The minimum absolute atomic E-state index is 0.0234. The van der Waals surface area contributed by atoms with Gasteiger partial charge in [0.05, 0.1) is 35.4 Å². The van der Waals surface area contributed by atoms with Crippen LogP contribution in [0.1, 0.15) is 45.8 Å². The minimum atomic E-state index is -3.50. The first-order chi connectivity index (χ1) is 16.3. The summed E-state index contributed by atoms with van der Waals surface area (Å²) in [5.41, 5.74) is 4.57. The normalized spacial score (nSPS) is 18.5. The number of amides is 1. The van der Waals surface area contributed by atoms with Crippen LogP contribution in [-0.4, -0.2) is 72.5 Å². The molecule has 1 amide bonds. The van der Waals surface area contributed by atoms with Gasteiger partial charge < -0.3 is 9.64 Å². The second-order valence-corrected chi connectivity index (χ2v) is 11.1. The van der Waals surface area contributed by atoms with Crippen molar-refractivity contribution in [1.29, 1.82) is 0 Å². The van der Waals surface area contributed by atoms with Crippen LogP contribution in [0.2, 0.25) is 0 Å². The molecule has 8 nitrogen and oxygen atoms in total. The number of rotatable bonds is 4. The standard InChI is InChI=1S/C25H30N4O4S/c1-18-3-4-22(15-19(18)2)34(31,32)28-8-5-20(6-9-28)21-7-10-29-24(16-21)23(17-26-29)25(30)27-11-13-33-14-12-27/h3-4,7,10,15-17,20H,5-6,8-9,11-14H2,1-2H3. The van der Waals surface area contributed by atoms with E-state index in [1.807, 2.05) is 43.1 Å². The maximum absolute atomic E-state index is 13.2. The lowest BCUT2D eigenvalue weighted by Gasteiger charge is -2.31. The van der Waals surface area contributed by atoms with E-state index in [0.29, 0.717) is 49.9 Å². The zero-order valence-corrected chi connectivity index (χ0v) is 20.4. The van der Waals surface area contributed by atoms with Gasteiger partial charge in [-0.3, -0.25) is 4.79 Å². The number of aryl methyl sites for hydroxylation is 2. The molecule has 0 atom stereocenters. The molecule has 0 aliphatic carbocycles. The van der Waals surface area contributed by atoms with E-state index in [2.05, 4.69) is 5.10 Å². The Balaban J connectivity index is 1.32. The van der Waals surface area contributed by atoms with Crippen molar-refractivity contribution in [3.05, 3.63) is 65.0 Å². The Bertz CT molecular complexity index is 1320. The molecule has 0 saturated carbocycles. The Labute approximate surface area is 200 Å². The monoisotopic (exact) mass is 482 g/mol. The Morgan fingerprint density at radius 2 is 1.74 bits per heavy atom. The van der Waals surface area contributed by atoms with E-state index in [9.17, 15) is 13.2 Å². The van der Waals surface area contributed by atoms with Crippen LogP contribution in [-0.2, 0) is 14.8 Å². The molecule has 2 fully saturated rings. The smallest absolute Gasteiger partial charge is 0.257 e. The molecular weight excluding hydrogens is 452 g/mol. The van der Waals surface area contributed by atoms with Crippen molar-refractivity contribution < 1.29 is 17.9 Å². The van der Waals surface area contributed by atoms with E-state index in [1.165, 1.54) is 0 Å². The third-order valence-electron chi connectivity index (χ3n) is 7.12. The number of morpholine rings is 1. The van der Waals surface area contributed by atoms with Gasteiger partial charge in [-0.15, -0.1) is 0 Å². The number of fused-ring (bicyclic) bond motifs is 1. The molecule has 2 aromatic heterocycles. The highest BCUT2D eigenvalue weighted by molar-refractivity contribution is 7.89. The summed E-state index contributed by atoms with van der Waals surface area (Å²) in [5.74, 6) is 0.210. The first kappa shape index (κ1) is 23.0. The van der Waals surface area contributed by atoms with Gasteiger partial charge in [-0.1, -0.05) is 6.07 Å². The minimum Gasteiger partial charge on any atom is -0.378 e. The maximum Gasteiger partial charge on any atom is 0.257 e. The van der Waals surface area contributed by atoms with Crippen molar-refractivity contribution in [1.82, 2.24) is 18.8 Å². The number of sulfonamides is 1. The van der Waals surface area contributed by atoms with Gasteiger partial charge in [-0.25, -0.2) is 12.9 Å². The maximum atomic E-state index is 13.2. The van der Waals surface area contributed by atoms with Crippen LogP contribution in [0.15, 0.2) is 47.6 Å². The van der Waals surface area contributed by atoms with Gasteiger partial charge in [0.15, 0.2) is 0 Å². The van der Waals surface area contributed by atoms with Gasteiger partial charge >= 0.3 is 0 Å². The van der Waals surface area contributed by atoms with Gasteiger partial charge in [-0.05, 0) is 73.6 Å². The van der Waals surface area contributed by atoms with Crippen molar-refractivity contribution in [2.75, 3.05) is 39.4 Å². The molecule has 180 valence electrons. The molecule has 0 N–H and O–H groups in total. The summed E-state index contributed by atoms with van der Waals surface area (Å²) < 4.78 is 35.0. The summed E-state index contributed by atoms with van der Waals surface area (Å²) in [6.07, 6.45) is 5.00. The quantitative estimate of drug-likeness (QED) is 0.571. The Morgan fingerprint density at radius 3 is 2.44 bits per heavy atom. The molecule has 9 heteroatoms. The van der Waals surface area contributed by atoms with Gasteiger partial charge in [0.2, 0.25) is 10.0 Å². The topological polar surface area (TPSA) is 84.2 Å². The molecular formula is C25H30N4O4S. The highest BCUT2D eigenvalue weighted by atomic mass is 32.2. The van der Waals surface area contributed by atoms with E-state index in [1.54, 1.807) is 27.2 Å². The van der Waals surface area contributed by atoms with Gasteiger partial charge in [-0.2, -0.15) is 9.40 Å². The number of hydrogen-bond acceptors (Lipinski definition) is 5. The number of pyridine rings is 1. The lowest BCUT2D eigenvalue weighted by molar-refractivity contribution is 0.0304. The number of aromatic nitrogens is 2. The Morgan fingerprint density at radius 1 is 1.00 bits per heavy atom. The number of ether oxygens (including phenoxy) is 1. The van der Waals surface area contributed by atoms with Crippen LogP contribution >= 0.6 is 0 Å².